The van der Waals surface area contributed by atoms with Gasteiger partial charge < -0.3 is 15.6 Å². The molecule has 0 radical (unpaired) electrons. The van der Waals surface area contributed by atoms with Gasteiger partial charge in [-0.3, -0.25) is 4.79 Å². The molecule has 0 fully saturated rings. The van der Waals surface area contributed by atoms with Gasteiger partial charge >= 0.3 is 12.1 Å². The summed E-state index contributed by atoms with van der Waals surface area (Å²) in [4.78, 5) is 20.3. The summed E-state index contributed by atoms with van der Waals surface area (Å²) in [7, 11) is 0. The van der Waals surface area contributed by atoms with E-state index in [2.05, 4.69) is 10.5 Å². The van der Waals surface area contributed by atoms with E-state index in [1.54, 1.807) is 0 Å². The van der Waals surface area contributed by atoms with Gasteiger partial charge in [0.05, 0.1) is 0 Å². The number of carbonyl (C=O) groups excluding carboxylic acids is 2. The van der Waals surface area contributed by atoms with Crippen LogP contribution in [0.15, 0.2) is 0 Å². The molecule has 0 aromatic carbocycles. The minimum Gasteiger partial charge on any atom is -0.396 e. The summed E-state index contributed by atoms with van der Waals surface area (Å²) in [6.45, 7) is -0.103. The Morgan fingerprint density at radius 1 is 1.50 bits per heavy atom. The number of rotatable bonds is 3. The lowest BCUT2D eigenvalue weighted by molar-refractivity contribution is -0.137. The van der Waals surface area contributed by atoms with Crippen LogP contribution in [0.25, 0.3) is 0 Å². The first-order valence-electron chi connectivity index (χ1n) is 2.77. The average Bonchev–Trinajstić information content (AvgIpc) is 1.82. The maximum Gasteiger partial charge on any atom is 0.412 e. The summed E-state index contributed by atoms with van der Waals surface area (Å²) in [6, 6.07) is 0. The molecule has 5 nitrogen and oxygen atoms in total. The van der Waals surface area contributed by atoms with E-state index in [1.807, 2.05) is 0 Å². The summed E-state index contributed by atoms with van der Waals surface area (Å²) >= 11 is 0. The Kier molecular flexibility index (Phi) is 4.23. The first-order chi connectivity index (χ1) is 4.66. The van der Waals surface area contributed by atoms with Gasteiger partial charge in [-0.25, -0.2) is 4.79 Å². The lowest BCUT2D eigenvalue weighted by atomic mass is 10.3. The molecular formula is C5H9NO4. The zero-order valence-corrected chi connectivity index (χ0v) is 5.37. The van der Waals surface area contributed by atoms with Gasteiger partial charge in [0.15, 0.2) is 0 Å². The van der Waals surface area contributed by atoms with Crippen molar-refractivity contribution in [2.75, 3.05) is 6.61 Å². The van der Waals surface area contributed by atoms with Gasteiger partial charge in [-0.05, 0) is 6.42 Å². The molecule has 0 aliphatic heterocycles. The van der Waals surface area contributed by atoms with Gasteiger partial charge in [0.2, 0.25) is 0 Å². The van der Waals surface area contributed by atoms with Crippen LogP contribution in [0, 0.1) is 0 Å². The minimum atomic E-state index is -1.11. The van der Waals surface area contributed by atoms with E-state index in [0.29, 0.717) is 0 Å². The first kappa shape index (κ1) is 8.90. The number of primary amides is 1. The molecule has 10 heavy (non-hydrogen) atoms. The Morgan fingerprint density at radius 2 is 2.10 bits per heavy atom. The fourth-order valence-electron chi connectivity index (χ4n) is 0.387. The second kappa shape index (κ2) is 4.75. The highest BCUT2D eigenvalue weighted by atomic mass is 16.6. The van der Waals surface area contributed by atoms with Gasteiger partial charge in [-0.2, -0.15) is 0 Å². The van der Waals surface area contributed by atoms with Crippen LogP contribution < -0.4 is 5.73 Å². The van der Waals surface area contributed by atoms with E-state index in [4.69, 9.17) is 5.11 Å². The molecule has 0 aliphatic carbocycles. The van der Waals surface area contributed by atoms with Crippen LogP contribution in [0.4, 0.5) is 4.79 Å². The first-order valence-corrected chi connectivity index (χ1v) is 2.77. The molecule has 0 spiro atoms. The number of esters is 1. The van der Waals surface area contributed by atoms with E-state index in [9.17, 15) is 9.59 Å². The predicted octanol–water partition coefficient (Wildman–Crippen LogP) is -0.619. The minimum absolute atomic E-state index is 0.0133. The fraction of sp³-hybridized carbons (Fsp3) is 0.600. The van der Waals surface area contributed by atoms with E-state index in [1.165, 1.54) is 0 Å². The highest BCUT2D eigenvalue weighted by molar-refractivity contribution is 5.83. The third-order valence-corrected chi connectivity index (χ3v) is 0.753. The molecule has 0 unspecified atom stereocenters. The fourth-order valence-corrected chi connectivity index (χ4v) is 0.387. The third-order valence-electron chi connectivity index (χ3n) is 0.753. The van der Waals surface area contributed by atoms with Crippen molar-refractivity contribution in [2.45, 2.75) is 12.8 Å². The Bertz CT molecular complexity index is 134. The van der Waals surface area contributed by atoms with Crippen molar-refractivity contribution >= 4 is 12.1 Å². The monoisotopic (exact) mass is 147 g/mol. The molecule has 5 heteroatoms. The maximum absolute atomic E-state index is 10.4. The largest absolute Gasteiger partial charge is 0.412 e. The third kappa shape index (κ3) is 5.04. The van der Waals surface area contributed by atoms with Gasteiger partial charge in [-0.15, -0.1) is 0 Å². The summed E-state index contributed by atoms with van der Waals surface area (Å²) in [5, 5.41) is 8.23. The summed E-state index contributed by atoms with van der Waals surface area (Å²) in [6.07, 6.45) is -0.811. The zero-order chi connectivity index (χ0) is 7.98. The van der Waals surface area contributed by atoms with Crippen molar-refractivity contribution in [3.8, 4) is 0 Å². The Morgan fingerprint density at radius 3 is 2.50 bits per heavy atom. The number of hydrogen-bond donors (Lipinski definition) is 2. The predicted molar refractivity (Wildman–Crippen MR) is 32.0 cm³/mol. The van der Waals surface area contributed by atoms with Crippen molar-refractivity contribution in [3.63, 3.8) is 0 Å². The molecule has 0 bridgehead atoms. The highest BCUT2D eigenvalue weighted by Gasteiger charge is 2.04. The standard InChI is InChI=1S/C5H9NO4/c6-5(9)10-4(8)2-1-3-7/h7H,1-3H2,(H2,6,9). The molecule has 0 aliphatic rings. The Hall–Kier alpha value is -1.10. The molecule has 0 rings (SSSR count). The zero-order valence-electron chi connectivity index (χ0n) is 5.37. The molecule has 0 aromatic rings. The summed E-state index contributed by atoms with van der Waals surface area (Å²) < 4.78 is 3.94. The van der Waals surface area contributed by atoms with Crippen LogP contribution in [-0.2, 0) is 9.53 Å². The van der Waals surface area contributed by atoms with Gasteiger partial charge in [0, 0.05) is 13.0 Å². The number of ether oxygens (including phenoxy) is 1. The Balaban J connectivity index is 3.35. The van der Waals surface area contributed by atoms with Crippen LogP contribution in [0.1, 0.15) is 12.8 Å². The molecule has 3 N–H and O–H groups in total. The molecule has 0 saturated heterocycles. The average molecular weight is 147 g/mol. The number of aliphatic hydroxyl groups excluding tert-OH is 1. The number of amides is 1. The van der Waals surface area contributed by atoms with Crippen LogP contribution in [-0.4, -0.2) is 23.8 Å². The lowest BCUT2D eigenvalue weighted by Crippen LogP contribution is -2.18. The van der Waals surface area contributed by atoms with E-state index >= 15 is 0 Å². The second-order valence-electron chi connectivity index (χ2n) is 1.62. The quantitative estimate of drug-likeness (QED) is 0.411. The molecule has 58 valence electrons. The summed E-state index contributed by atoms with van der Waals surface area (Å²) in [5.74, 6) is -0.707. The lowest BCUT2D eigenvalue weighted by Gasteiger charge is -1.95. The molecule has 0 saturated carbocycles. The van der Waals surface area contributed by atoms with Gasteiger partial charge in [0.25, 0.3) is 0 Å². The van der Waals surface area contributed by atoms with Crippen molar-refractivity contribution < 1.29 is 19.4 Å². The van der Waals surface area contributed by atoms with E-state index < -0.39 is 12.1 Å². The summed E-state index contributed by atoms with van der Waals surface area (Å²) in [5.41, 5.74) is 4.52. The number of aliphatic hydroxyl groups is 1. The van der Waals surface area contributed by atoms with E-state index in [-0.39, 0.29) is 19.4 Å². The normalized spacial score (nSPS) is 8.90. The van der Waals surface area contributed by atoms with Crippen molar-refractivity contribution in [1.29, 1.82) is 0 Å². The number of nitrogens with two attached hydrogens (primary N) is 1. The Labute approximate surface area is 57.8 Å². The van der Waals surface area contributed by atoms with Crippen LogP contribution in [0.5, 0.6) is 0 Å². The smallest absolute Gasteiger partial charge is 0.396 e. The van der Waals surface area contributed by atoms with Crippen LogP contribution in [0.3, 0.4) is 0 Å². The maximum atomic E-state index is 10.4. The van der Waals surface area contributed by atoms with Crippen LogP contribution in [0.2, 0.25) is 0 Å². The second-order valence-corrected chi connectivity index (χ2v) is 1.62. The topological polar surface area (TPSA) is 89.6 Å². The van der Waals surface area contributed by atoms with Crippen molar-refractivity contribution in [1.82, 2.24) is 0 Å². The molecule has 1 amide bonds. The van der Waals surface area contributed by atoms with Gasteiger partial charge in [-0.1, -0.05) is 0 Å². The molecular weight excluding hydrogens is 138 g/mol. The van der Waals surface area contributed by atoms with Gasteiger partial charge in [0.1, 0.15) is 0 Å². The molecule has 0 aromatic heterocycles. The highest BCUT2D eigenvalue weighted by Crippen LogP contribution is 1.90. The number of carbonyl (C=O) groups is 2. The molecule has 0 heterocycles. The SMILES string of the molecule is NC(=O)OC(=O)CCCO. The van der Waals surface area contributed by atoms with Crippen LogP contribution >= 0.6 is 0 Å². The van der Waals surface area contributed by atoms with Crippen molar-refractivity contribution in [2.24, 2.45) is 5.73 Å². The van der Waals surface area contributed by atoms with E-state index in [0.717, 1.165) is 0 Å². The van der Waals surface area contributed by atoms with Crippen molar-refractivity contribution in [3.05, 3.63) is 0 Å². The number of hydrogen-bond acceptors (Lipinski definition) is 4. The molecule has 0 atom stereocenters.